The van der Waals surface area contributed by atoms with E-state index in [1.54, 1.807) is 0 Å². The molecule has 3 fully saturated rings. The number of amides is 4. The molecule has 1 spiro atoms. The molecule has 2 heterocycles. The summed E-state index contributed by atoms with van der Waals surface area (Å²) >= 11 is 0. The zero-order chi connectivity index (χ0) is 22.9. The minimum Gasteiger partial charge on any atom is -0.378 e. The molecule has 2 aliphatic heterocycles. The number of carbonyl (C=O) groups is 3. The van der Waals surface area contributed by atoms with E-state index in [4.69, 9.17) is 4.74 Å². The van der Waals surface area contributed by atoms with Gasteiger partial charge in [-0.3, -0.25) is 14.5 Å². The number of urea groups is 1. The highest BCUT2D eigenvalue weighted by Crippen LogP contribution is 2.37. The highest BCUT2D eigenvalue weighted by molar-refractivity contribution is 6.07. The quantitative estimate of drug-likeness (QED) is 0.668. The molecule has 0 atom stereocenters. The van der Waals surface area contributed by atoms with Crippen LogP contribution in [0.3, 0.4) is 0 Å². The van der Waals surface area contributed by atoms with E-state index >= 15 is 0 Å². The lowest BCUT2D eigenvalue weighted by atomic mass is 9.98. The Morgan fingerprint density at radius 3 is 2.50 bits per heavy atom. The highest BCUT2D eigenvalue weighted by Gasteiger charge is 2.52. The zero-order valence-corrected chi connectivity index (χ0v) is 17.5. The van der Waals surface area contributed by atoms with E-state index in [-0.39, 0.29) is 24.6 Å². The van der Waals surface area contributed by atoms with Crippen LogP contribution in [-0.2, 0) is 20.5 Å². The number of carbonyl (C=O) groups excluding carboxylic acids is 3. The molecule has 1 saturated carbocycles. The molecule has 4 amide bonds. The fraction of sp³-hybridized carbons (Fsp3) is 0.571. The van der Waals surface area contributed by atoms with Crippen LogP contribution in [0.5, 0.6) is 0 Å². The summed E-state index contributed by atoms with van der Waals surface area (Å²) in [6.45, 7) is 1.70. The van der Waals surface area contributed by atoms with Crippen molar-refractivity contribution >= 4 is 29.2 Å². The Morgan fingerprint density at radius 2 is 1.84 bits per heavy atom. The first kappa shape index (κ1) is 22.4. The van der Waals surface area contributed by atoms with Crippen LogP contribution in [0.15, 0.2) is 18.2 Å². The summed E-state index contributed by atoms with van der Waals surface area (Å²) in [5, 5.41) is 5.28. The zero-order valence-electron chi connectivity index (χ0n) is 17.5. The molecule has 3 aliphatic rings. The summed E-state index contributed by atoms with van der Waals surface area (Å²) in [4.78, 5) is 40.4. The number of ether oxygens (including phenoxy) is 1. The van der Waals surface area contributed by atoms with Crippen molar-refractivity contribution in [1.82, 2.24) is 10.2 Å². The van der Waals surface area contributed by atoms with Gasteiger partial charge in [0.2, 0.25) is 5.91 Å². The van der Waals surface area contributed by atoms with Gasteiger partial charge in [-0.15, -0.1) is 0 Å². The number of benzene rings is 1. The molecular formula is C21H25F3N4O4. The van der Waals surface area contributed by atoms with Gasteiger partial charge in [0.05, 0.1) is 30.2 Å². The standard InChI is InChI=1S/C21H25F3N4O4/c22-21(23,24)14-3-4-16(27-9-11-32-12-10-27)15(13-14)25-17(29)5-8-28-18(30)20(26-19(28)31)6-1-2-7-20/h3-4,13H,1-2,5-12H2,(H,25,29)(H,26,31). The molecule has 4 rings (SSSR count). The lowest BCUT2D eigenvalue weighted by Crippen LogP contribution is -2.44. The molecule has 32 heavy (non-hydrogen) atoms. The van der Waals surface area contributed by atoms with Crippen molar-refractivity contribution < 1.29 is 32.3 Å². The van der Waals surface area contributed by atoms with Gasteiger partial charge in [-0.05, 0) is 31.0 Å². The first-order valence-corrected chi connectivity index (χ1v) is 10.7. The van der Waals surface area contributed by atoms with E-state index in [9.17, 15) is 27.6 Å². The molecule has 2 N–H and O–H groups in total. The number of halogens is 3. The van der Waals surface area contributed by atoms with Crippen LogP contribution in [-0.4, -0.2) is 61.1 Å². The first-order valence-electron chi connectivity index (χ1n) is 10.7. The molecule has 11 heteroatoms. The maximum Gasteiger partial charge on any atom is 0.416 e. The Bertz CT molecular complexity index is 909. The van der Waals surface area contributed by atoms with Crippen LogP contribution in [0.2, 0.25) is 0 Å². The molecule has 2 saturated heterocycles. The van der Waals surface area contributed by atoms with Crippen LogP contribution < -0.4 is 15.5 Å². The number of nitrogens with one attached hydrogen (secondary N) is 2. The highest BCUT2D eigenvalue weighted by atomic mass is 19.4. The molecule has 0 bridgehead atoms. The molecule has 1 aliphatic carbocycles. The van der Waals surface area contributed by atoms with Crippen LogP contribution in [0.4, 0.5) is 29.3 Å². The van der Waals surface area contributed by atoms with Crippen molar-refractivity contribution in [3.05, 3.63) is 23.8 Å². The van der Waals surface area contributed by atoms with E-state index in [2.05, 4.69) is 10.6 Å². The van der Waals surface area contributed by atoms with Gasteiger partial charge in [-0.2, -0.15) is 13.2 Å². The summed E-state index contributed by atoms with van der Waals surface area (Å²) in [6.07, 6.45) is -1.92. The van der Waals surface area contributed by atoms with Gasteiger partial charge in [0.15, 0.2) is 0 Å². The largest absolute Gasteiger partial charge is 0.416 e. The first-order chi connectivity index (χ1) is 15.2. The molecule has 0 radical (unpaired) electrons. The van der Waals surface area contributed by atoms with Gasteiger partial charge in [0.1, 0.15) is 5.54 Å². The average Bonchev–Trinajstić information content (AvgIpc) is 3.31. The van der Waals surface area contributed by atoms with Gasteiger partial charge in [0, 0.05) is 26.1 Å². The van der Waals surface area contributed by atoms with Crippen LogP contribution in [0.1, 0.15) is 37.7 Å². The van der Waals surface area contributed by atoms with Crippen LogP contribution in [0, 0.1) is 0 Å². The minimum absolute atomic E-state index is 0.0381. The fourth-order valence-electron chi connectivity index (χ4n) is 4.52. The predicted octanol–water partition coefficient (Wildman–Crippen LogP) is 2.74. The van der Waals surface area contributed by atoms with E-state index in [1.165, 1.54) is 6.07 Å². The molecule has 174 valence electrons. The maximum atomic E-state index is 13.2. The number of imide groups is 1. The molecule has 0 unspecified atom stereocenters. The maximum absolute atomic E-state index is 13.2. The smallest absolute Gasteiger partial charge is 0.378 e. The van der Waals surface area contributed by atoms with Crippen LogP contribution in [0.25, 0.3) is 0 Å². The second-order valence-electron chi connectivity index (χ2n) is 8.30. The van der Waals surface area contributed by atoms with E-state index in [1.807, 2.05) is 4.90 Å². The number of morpholine rings is 1. The van der Waals surface area contributed by atoms with Crippen molar-refractivity contribution in [2.45, 2.75) is 43.8 Å². The van der Waals surface area contributed by atoms with Crippen molar-refractivity contribution in [3.8, 4) is 0 Å². The van der Waals surface area contributed by atoms with Gasteiger partial charge < -0.3 is 20.3 Å². The normalized spacial score (nSPS) is 20.7. The van der Waals surface area contributed by atoms with Crippen molar-refractivity contribution in [2.75, 3.05) is 43.1 Å². The van der Waals surface area contributed by atoms with Crippen molar-refractivity contribution in [1.29, 1.82) is 0 Å². The summed E-state index contributed by atoms with van der Waals surface area (Å²) in [6, 6.07) is 2.70. The molecule has 1 aromatic carbocycles. The lowest BCUT2D eigenvalue weighted by molar-refractivity contribution is -0.137. The monoisotopic (exact) mass is 454 g/mol. The Morgan fingerprint density at radius 1 is 1.16 bits per heavy atom. The molecular weight excluding hydrogens is 429 g/mol. The number of hydrogen-bond acceptors (Lipinski definition) is 5. The third kappa shape index (κ3) is 4.38. The summed E-state index contributed by atoms with van der Waals surface area (Å²) in [5.41, 5.74) is -1.23. The Hall–Kier alpha value is -2.82. The average molecular weight is 454 g/mol. The fourth-order valence-corrected chi connectivity index (χ4v) is 4.52. The minimum atomic E-state index is -4.56. The topological polar surface area (TPSA) is 91.0 Å². The summed E-state index contributed by atoms with van der Waals surface area (Å²) < 4.78 is 45.0. The Balaban J connectivity index is 1.46. The molecule has 8 nitrogen and oxygen atoms in total. The predicted molar refractivity (Wildman–Crippen MR) is 109 cm³/mol. The van der Waals surface area contributed by atoms with E-state index < -0.39 is 29.2 Å². The van der Waals surface area contributed by atoms with Gasteiger partial charge in [-0.1, -0.05) is 12.8 Å². The number of alkyl halides is 3. The van der Waals surface area contributed by atoms with Gasteiger partial charge in [0.25, 0.3) is 5.91 Å². The number of nitrogens with zero attached hydrogens (tertiary/aromatic N) is 2. The Kier molecular flexibility index (Phi) is 6.02. The molecule has 1 aromatic rings. The van der Waals surface area contributed by atoms with Gasteiger partial charge >= 0.3 is 12.2 Å². The lowest BCUT2D eigenvalue weighted by Gasteiger charge is -2.31. The van der Waals surface area contributed by atoms with E-state index in [0.29, 0.717) is 44.8 Å². The number of hydrogen-bond donors (Lipinski definition) is 2. The van der Waals surface area contributed by atoms with E-state index in [0.717, 1.165) is 29.9 Å². The second kappa shape index (κ2) is 8.61. The number of anilines is 2. The second-order valence-corrected chi connectivity index (χ2v) is 8.30. The molecule has 0 aromatic heterocycles. The van der Waals surface area contributed by atoms with Gasteiger partial charge in [-0.25, -0.2) is 4.79 Å². The van der Waals surface area contributed by atoms with Crippen LogP contribution >= 0.6 is 0 Å². The number of rotatable bonds is 5. The summed E-state index contributed by atoms with van der Waals surface area (Å²) in [5.74, 6) is -0.910. The third-order valence-electron chi connectivity index (χ3n) is 6.22. The Labute approximate surface area is 183 Å². The SMILES string of the molecule is O=C(CCN1C(=O)NC2(CCCC2)C1=O)Nc1cc(C(F)(F)F)ccc1N1CCOCC1. The van der Waals surface area contributed by atoms with Crippen molar-refractivity contribution in [2.24, 2.45) is 0 Å². The summed E-state index contributed by atoms with van der Waals surface area (Å²) in [7, 11) is 0. The van der Waals surface area contributed by atoms with Crippen molar-refractivity contribution in [3.63, 3.8) is 0 Å². The third-order valence-corrected chi connectivity index (χ3v) is 6.22.